The molecule has 0 aliphatic carbocycles. The molecule has 4 heterocycles. The number of anilines is 1. The lowest BCUT2D eigenvalue weighted by atomic mass is 10.0. The first-order valence-electron chi connectivity index (χ1n) is 10.5. The second-order valence-corrected chi connectivity index (χ2v) is 7.91. The number of ether oxygens (including phenoxy) is 2. The second kappa shape index (κ2) is 7.99. The Balaban J connectivity index is 1.15. The Bertz CT molecular complexity index is 846. The van der Waals surface area contributed by atoms with Gasteiger partial charge in [0, 0.05) is 57.1 Å². The maximum atomic E-state index is 12.6. The smallest absolute Gasteiger partial charge is 0.289 e. The van der Waals surface area contributed by atoms with Crippen LogP contribution in [0.4, 0.5) is 5.69 Å². The lowest BCUT2D eigenvalue weighted by molar-refractivity contribution is 0.0724. The number of carbonyl (C=O) groups is 1. The van der Waals surface area contributed by atoms with Crippen LogP contribution in [-0.2, 0) is 0 Å². The van der Waals surface area contributed by atoms with Crippen LogP contribution in [0.3, 0.4) is 0 Å². The van der Waals surface area contributed by atoms with Gasteiger partial charge < -0.3 is 23.7 Å². The average Bonchev–Trinajstić information content (AvgIpc) is 3.40. The fourth-order valence-electron chi connectivity index (χ4n) is 4.63. The van der Waals surface area contributed by atoms with Crippen LogP contribution in [0.15, 0.2) is 41.0 Å². The zero-order chi connectivity index (χ0) is 19.6. The maximum Gasteiger partial charge on any atom is 0.289 e. The second-order valence-electron chi connectivity index (χ2n) is 7.91. The van der Waals surface area contributed by atoms with Gasteiger partial charge in [-0.05, 0) is 43.5 Å². The summed E-state index contributed by atoms with van der Waals surface area (Å²) in [5.74, 6) is 2.13. The van der Waals surface area contributed by atoms with E-state index in [1.54, 1.807) is 18.4 Å². The van der Waals surface area contributed by atoms with Crippen molar-refractivity contribution in [2.24, 2.45) is 0 Å². The van der Waals surface area contributed by atoms with Crippen LogP contribution in [0.5, 0.6) is 11.5 Å². The summed E-state index contributed by atoms with van der Waals surface area (Å²) >= 11 is 0. The third kappa shape index (κ3) is 3.79. The van der Waals surface area contributed by atoms with Crippen LogP contribution in [0.1, 0.15) is 29.8 Å². The first-order valence-corrected chi connectivity index (χ1v) is 10.5. The molecular formula is C22H27N3O4. The van der Waals surface area contributed by atoms with Crippen molar-refractivity contribution in [3.05, 3.63) is 42.4 Å². The van der Waals surface area contributed by atoms with Gasteiger partial charge in [0.25, 0.3) is 5.91 Å². The van der Waals surface area contributed by atoms with Crippen LogP contribution in [-0.4, -0.2) is 67.8 Å². The molecule has 1 amide bonds. The molecule has 2 fully saturated rings. The predicted molar refractivity (Wildman–Crippen MR) is 109 cm³/mol. The summed E-state index contributed by atoms with van der Waals surface area (Å²) < 4.78 is 16.2. The van der Waals surface area contributed by atoms with Gasteiger partial charge in [0.2, 0.25) is 6.79 Å². The molecule has 0 bridgehead atoms. The summed E-state index contributed by atoms with van der Waals surface area (Å²) in [5.41, 5.74) is 1.21. The van der Waals surface area contributed by atoms with Crippen molar-refractivity contribution in [1.29, 1.82) is 0 Å². The first-order chi connectivity index (χ1) is 14.3. The lowest BCUT2D eigenvalue weighted by Crippen LogP contribution is -2.46. The molecule has 7 nitrogen and oxygen atoms in total. The molecule has 3 aliphatic heterocycles. The predicted octanol–water partition coefficient (Wildman–Crippen LogP) is 2.83. The van der Waals surface area contributed by atoms with Crippen LogP contribution >= 0.6 is 0 Å². The number of furan rings is 1. The largest absolute Gasteiger partial charge is 0.459 e. The van der Waals surface area contributed by atoms with E-state index in [0.717, 1.165) is 70.0 Å². The Labute approximate surface area is 170 Å². The summed E-state index contributed by atoms with van der Waals surface area (Å²) in [6, 6.07) is 10.3. The van der Waals surface area contributed by atoms with Gasteiger partial charge in [-0.2, -0.15) is 0 Å². The van der Waals surface area contributed by atoms with Gasteiger partial charge in [-0.3, -0.25) is 9.69 Å². The van der Waals surface area contributed by atoms with Crippen LogP contribution < -0.4 is 14.4 Å². The highest BCUT2D eigenvalue weighted by Gasteiger charge is 2.28. The number of benzene rings is 1. The topological polar surface area (TPSA) is 58.4 Å². The molecule has 0 N–H and O–H groups in total. The number of hydrogen-bond donors (Lipinski definition) is 0. The third-order valence-corrected chi connectivity index (χ3v) is 6.25. The SMILES string of the molecule is O=C(c1ccco1)N1CCCN(C2CCN(c3ccc4c(c3)OCO4)CC2)CC1. The van der Waals surface area contributed by atoms with Gasteiger partial charge in [0.1, 0.15) is 0 Å². The molecule has 29 heavy (non-hydrogen) atoms. The lowest BCUT2D eigenvalue weighted by Gasteiger charge is -2.39. The number of nitrogens with zero attached hydrogens (tertiary/aromatic N) is 3. The minimum absolute atomic E-state index is 0.00878. The summed E-state index contributed by atoms with van der Waals surface area (Å²) in [6.07, 6.45) is 4.85. The van der Waals surface area contributed by atoms with Gasteiger partial charge in [-0.15, -0.1) is 0 Å². The summed E-state index contributed by atoms with van der Waals surface area (Å²) in [5, 5.41) is 0. The number of rotatable bonds is 3. The van der Waals surface area contributed by atoms with Crippen molar-refractivity contribution < 1.29 is 18.7 Å². The molecule has 2 saturated heterocycles. The van der Waals surface area contributed by atoms with E-state index >= 15 is 0 Å². The van der Waals surface area contributed by atoms with E-state index in [9.17, 15) is 4.79 Å². The third-order valence-electron chi connectivity index (χ3n) is 6.25. The van der Waals surface area contributed by atoms with Crippen molar-refractivity contribution in [3.8, 4) is 11.5 Å². The number of hydrogen-bond acceptors (Lipinski definition) is 6. The standard InChI is InChI=1S/C22H27N3O4/c26-22(20-3-1-14-27-20)25-9-2-8-23(12-13-25)17-6-10-24(11-7-17)18-4-5-19-21(15-18)29-16-28-19/h1,3-5,14-15,17H,2,6-13,16H2. The molecule has 5 rings (SSSR count). The highest BCUT2D eigenvalue weighted by molar-refractivity contribution is 5.91. The normalized spacial score (nSPS) is 20.7. The average molecular weight is 397 g/mol. The minimum Gasteiger partial charge on any atom is -0.459 e. The molecule has 1 aromatic carbocycles. The van der Waals surface area contributed by atoms with E-state index in [2.05, 4.69) is 21.9 Å². The zero-order valence-corrected chi connectivity index (χ0v) is 16.6. The Morgan fingerprint density at radius 1 is 0.931 bits per heavy atom. The molecule has 154 valence electrons. The van der Waals surface area contributed by atoms with Crippen molar-refractivity contribution in [3.63, 3.8) is 0 Å². The van der Waals surface area contributed by atoms with E-state index in [1.807, 2.05) is 11.0 Å². The van der Waals surface area contributed by atoms with E-state index in [0.29, 0.717) is 18.6 Å². The van der Waals surface area contributed by atoms with Gasteiger partial charge in [-0.1, -0.05) is 0 Å². The van der Waals surface area contributed by atoms with Crippen molar-refractivity contribution in [2.75, 3.05) is 51.0 Å². The molecular weight excluding hydrogens is 370 g/mol. The highest BCUT2D eigenvalue weighted by Crippen LogP contribution is 2.36. The number of carbonyl (C=O) groups excluding carboxylic acids is 1. The maximum absolute atomic E-state index is 12.6. The number of amides is 1. The van der Waals surface area contributed by atoms with E-state index in [4.69, 9.17) is 13.9 Å². The van der Waals surface area contributed by atoms with E-state index < -0.39 is 0 Å². The highest BCUT2D eigenvalue weighted by atomic mass is 16.7. The Kier molecular flexibility index (Phi) is 5.06. The first kappa shape index (κ1) is 18.4. The molecule has 3 aliphatic rings. The molecule has 2 aromatic rings. The van der Waals surface area contributed by atoms with Crippen molar-refractivity contribution >= 4 is 11.6 Å². The van der Waals surface area contributed by atoms with Gasteiger partial charge in [0.15, 0.2) is 17.3 Å². The van der Waals surface area contributed by atoms with Crippen LogP contribution in [0.25, 0.3) is 0 Å². The summed E-state index contributed by atoms with van der Waals surface area (Å²) in [4.78, 5) is 19.5. The van der Waals surface area contributed by atoms with Crippen molar-refractivity contribution in [2.45, 2.75) is 25.3 Å². The van der Waals surface area contributed by atoms with Crippen LogP contribution in [0, 0.1) is 0 Å². The summed E-state index contributed by atoms with van der Waals surface area (Å²) in [6.45, 7) is 5.94. The zero-order valence-electron chi connectivity index (χ0n) is 16.6. The molecule has 7 heteroatoms. The van der Waals surface area contributed by atoms with Gasteiger partial charge in [-0.25, -0.2) is 0 Å². The van der Waals surface area contributed by atoms with Crippen molar-refractivity contribution in [1.82, 2.24) is 9.80 Å². The molecule has 1 aromatic heterocycles. The van der Waals surface area contributed by atoms with Gasteiger partial charge in [0.05, 0.1) is 6.26 Å². The Morgan fingerprint density at radius 2 is 1.79 bits per heavy atom. The molecule has 0 spiro atoms. The van der Waals surface area contributed by atoms with Gasteiger partial charge >= 0.3 is 0 Å². The molecule has 0 unspecified atom stereocenters. The van der Waals surface area contributed by atoms with E-state index in [1.165, 1.54) is 5.69 Å². The quantitative estimate of drug-likeness (QED) is 0.794. The minimum atomic E-state index is 0.00878. The Hall–Kier alpha value is -2.67. The number of piperidine rings is 1. The fraction of sp³-hybridized carbons (Fsp3) is 0.500. The van der Waals surface area contributed by atoms with E-state index in [-0.39, 0.29) is 5.91 Å². The number of fused-ring (bicyclic) bond motifs is 1. The monoisotopic (exact) mass is 397 g/mol. The summed E-state index contributed by atoms with van der Waals surface area (Å²) in [7, 11) is 0. The van der Waals surface area contributed by atoms with Crippen LogP contribution in [0.2, 0.25) is 0 Å². The molecule has 0 radical (unpaired) electrons. The fourth-order valence-corrected chi connectivity index (χ4v) is 4.63. The molecule has 0 saturated carbocycles. The Morgan fingerprint density at radius 3 is 2.62 bits per heavy atom. The molecule has 0 atom stereocenters.